The van der Waals surface area contributed by atoms with Crippen LogP contribution in [0.1, 0.15) is 62.3 Å². The number of esters is 1. The van der Waals surface area contributed by atoms with Crippen LogP contribution in [0.5, 0.6) is 11.5 Å². The van der Waals surface area contributed by atoms with Gasteiger partial charge in [-0.2, -0.15) is 0 Å². The van der Waals surface area contributed by atoms with E-state index in [2.05, 4.69) is 20.8 Å². The maximum absolute atomic E-state index is 13.5. The smallest absolute Gasteiger partial charge is 0.349 e. The van der Waals surface area contributed by atoms with Crippen molar-refractivity contribution in [1.82, 2.24) is 0 Å². The number of cyclic esters (lactones) is 1. The molecule has 5 N–H and O–H groups in total. The molecule has 1 aliphatic rings. The number of thioether (sulfide) groups is 1. The van der Waals surface area contributed by atoms with Crippen LogP contribution in [0.15, 0.2) is 76.2 Å². The van der Waals surface area contributed by atoms with Crippen molar-refractivity contribution >= 4 is 23.4 Å². The molecule has 3 aromatic rings. The SMILES string of the molecule is Cc1cc(SC2=C(O)CC(CCc3ccc(O)cc3)(CCc3ccc(O)cc3)OC2=O)c(C(C)(C)C)cc1N. The molecular weight excluding hydrogens is 510 g/mol. The van der Waals surface area contributed by atoms with Gasteiger partial charge in [-0.1, -0.05) is 56.8 Å². The molecule has 0 radical (unpaired) electrons. The molecule has 0 spiro atoms. The number of carbonyl (C=O) groups is 1. The van der Waals surface area contributed by atoms with Crippen LogP contribution >= 0.6 is 11.8 Å². The summed E-state index contributed by atoms with van der Waals surface area (Å²) in [6.07, 6.45) is 2.46. The van der Waals surface area contributed by atoms with E-state index in [0.717, 1.165) is 27.1 Å². The van der Waals surface area contributed by atoms with Crippen LogP contribution < -0.4 is 5.73 Å². The molecule has 206 valence electrons. The highest BCUT2D eigenvalue weighted by Gasteiger charge is 2.42. The maximum atomic E-state index is 13.5. The van der Waals surface area contributed by atoms with E-state index < -0.39 is 11.6 Å². The Labute approximate surface area is 234 Å². The summed E-state index contributed by atoms with van der Waals surface area (Å²) in [5.41, 5.74) is 9.70. The first-order chi connectivity index (χ1) is 18.3. The normalized spacial score (nSPS) is 15.3. The Kier molecular flexibility index (Phi) is 8.21. The summed E-state index contributed by atoms with van der Waals surface area (Å²) in [5.74, 6) is -0.115. The lowest BCUT2D eigenvalue weighted by Crippen LogP contribution is -2.41. The molecule has 6 nitrogen and oxygen atoms in total. The van der Waals surface area contributed by atoms with Crippen LogP contribution in [0, 0.1) is 6.92 Å². The van der Waals surface area contributed by atoms with Crippen molar-refractivity contribution in [3.8, 4) is 11.5 Å². The Morgan fingerprint density at radius 3 is 1.87 bits per heavy atom. The molecule has 0 unspecified atom stereocenters. The number of nitrogens with two attached hydrogens (primary N) is 1. The zero-order chi connectivity index (χ0) is 28.4. The summed E-state index contributed by atoms with van der Waals surface area (Å²) in [5, 5.41) is 30.6. The highest BCUT2D eigenvalue weighted by atomic mass is 32.2. The average molecular weight is 548 g/mol. The molecule has 4 rings (SSSR count). The van der Waals surface area contributed by atoms with Gasteiger partial charge in [-0.25, -0.2) is 4.79 Å². The molecule has 0 atom stereocenters. The van der Waals surface area contributed by atoms with Crippen molar-refractivity contribution in [2.24, 2.45) is 0 Å². The third-order valence-corrected chi connectivity index (χ3v) is 8.41. The van der Waals surface area contributed by atoms with E-state index in [1.54, 1.807) is 24.3 Å². The predicted molar refractivity (Wildman–Crippen MR) is 156 cm³/mol. The standard InChI is InChI=1S/C32H37NO5S/c1-20-17-28(25(18-26(20)33)31(2,3)4)39-29-27(36)19-32(38-30(29)37,15-13-21-5-9-23(34)10-6-21)16-14-22-7-11-24(35)12-8-22/h5-12,17-18,34-36H,13-16,19,33H2,1-4H3. The Balaban J connectivity index is 1.63. The van der Waals surface area contributed by atoms with Crippen LogP contribution in [0.4, 0.5) is 5.69 Å². The van der Waals surface area contributed by atoms with Crippen LogP contribution in [-0.4, -0.2) is 26.9 Å². The Hall–Kier alpha value is -3.58. The second-order valence-corrected chi connectivity index (χ2v) is 12.5. The Morgan fingerprint density at radius 2 is 1.41 bits per heavy atom. The van der Waals surface area contributed by atoms with E-state index in [0.29, 0.717) is 31.4 Å². The van der Waals surface area contributed by atoms with Crippen LogP contribution in [0.2, 0.25) is 0 Å². The van der Waals surface area contributed by atoms with Gasteiger partial charge in [0.2, 0.25) is 0 Å². The molecular formula is C32H37NO5S. The molecule has 1 aliphatic heterocycles. The molecule has 1 heterocycles. The number of hydrogen-bond donors (Lipinski definition) is 4. The van der Waals surface area contributed by atoms with Gasteiger partial charge in [0.25, 0.3) is 0 Å². The first-order valence-electron chi connectivity index (χ1n) is 13.1. The number of hydrogen-bond acceptors (Lipinski definition) is 7. The quantitative estimate of drug-likeness (QED) is 0.176. The third-order valence-electron chi connectivity index (χ3n) is 7.25. The summed E-state index contributed by atoms with van der Waals surface area (Å²) < 4.78 is 6.20. The zero-order valence-corrected chi connectivity index (χ0v) is 23.8. The minimum atomic E-state index is -0.898. The van der Waals surface area contributed by atoms with Gasteiger partial charge in [-0.3, -0.25) is 0 Å². The number of aromatic hydroxyl groups is 2. The van der Waals surface area contributed by atoms with Crippen molar-refractivity contribution in [2.45, 2.75) is 75.7 Å². The number of aryl methyl sites for hydroxylation is 3. The fourth-order valence-electron chi connectivity index (χ4n) is 4.83. The van der Waals surface area contributed by atoms with E-state index in [1.807, 2.05) is 43.3 Å². The lowest BCUT2D eigenvalue weighted by Gasteiger charge is -2.37. The van der Waals surface area contributed by atoms with Crippen LogP contribution in [0.25, 0.3) is 0 Å². The molecule has 39 heavy (non-hydrogen) atoms. The summed E-state index contributed by atoms with van der Waals surface area (Å²) in [7, 11) is 0. The van der Waals surface area contributed by atoms with Gasteiger partial charge in [0.05, 0.1) is 0 Å². The minimum Gasteiger partial charge on any atom is -0.511 e. The number of phenols is 2. The number of aliphatic hydroxyl groups is 1. The number of ether oxygens (including phenoxy) is 1. The first kappa shape index (κ1) is 28.4. The molecule has 0 amide bonds. The third kappa shape index (κ3) is 6.90. The molecule has 0 saturated carbocycles. The van der Waals surface area contributed by atoms with Gasteiger partial charge in [-0.05, 0) is 96.7 Å². The number of rotatable bonds is 8. The van der Waals surface area contributed by atoms with Gasteiger partial charge in [0.1, 0.15) is 27.8 Å². The van der Waals surface area contributed by atoms with Crippen molar-refractivity contribution in [2.75, 3.05) is 5.73 Å². The fraction of sp³-hybridized carbons (Fsp3) is 0.344. The summed E-state index contributed by atoms with van der Waals surface area (Å²) >= 11 is 1.23. The Morgan fingerprint density at radius 1 is 0.897 bits per heavy atom. The molecule has 0 saturated heterocycles. The second-order valence-electron chi connectivity index (χ2n) is 11.4. The number of aliphatic hydroxyl groups excluding tert-OH is 1. The van der Waals surface area contributed by atoms with Crippen molar-refractivity contribution in [3.63, 3.8) is 0 Å². The van der Waals surface area contributed by atoms with E-state index in [4.69, 9.17) is 10.5 Å². The van der Waals surface area contributed by atoms with Crippen LogP contribution in [-0.2, 0) is 27.8 Å². The van der Waals surface area contributed by atoms with Gasteiger partial charge in [-0.15, -0.1) is 0 Å². The second kappa shape index (κ2) is 11.3. The van der Waals surface area contributed by atoms with Gasteiger partial charge < -0.3 is 25.8 Å². The number of benzene rings is 3. The zero-order valence-electron chi connectivity index (χ0n) is 23.0. The monoisotopic (exact) mass is 547 g/mol. The summed E-state index contributed by atoms with van der Waals surface area (Å²) in [6.45, 7) is 8.20. The Bertz CT molecular complexity index is 1320. The lowest BCUT2D eigenvalue weighted by molar-refractivity contribution is -0.159. The van der Waals surface area contributed by atoms with Gasteiger partial charge in [0.15, 0.2) is 0 Å². The largest absolute Gasteiger partial charge is 0.511 e. The van der Waals surface area contributed by atoms with E-state index >= 15 is 0 Å². The average Bonchev–Trinajstić information content (AvgIpc) is 2.87. The number of nitrogen functional groups attached to an aromatic ring is 1. The number of phenolic OH excluding ortho intramolecular Hbond substituents is 2. The molecule has 0 aromatic heterocycles. The van der Waals surface area contributed by atoms with Crippen molar-refractivity contribution < 1.29 is 24.9 Å². The first-order valence-corrected chi connectivity index (χ1v) is 14.0. The lowest BCUT2D eigenvalue weighted by atomic mass is 9.84. The van der Waals surface area contributed by atoms with Crippen molar-refractivity contribution in [1.29, 1.82) is 0 Å². The number of carbonyl (C=O) groups excluding carboxylic acids is 1. The molecule has 0 bridgehead atoms. The topological polar surface area (TPSA) is 113 Å². The maximum Gasteiger partial charge on any atom is 0.349 e. The highest BCUT2D eigenvalue weighted by molar-refractivity contribution is 8.04. The fourth-order valence-corrected chi connectivity index (χ4v) is 6.08. The van der Waals surface area contributed by atoms with E-state index in [-0.39, 0.29) is 34.0 Å². The predicted octanol–water partition coefficient (Wildman–Crippen LogP) is 7.10. The molecule has 7 heteroatoms. The highest BCUT2D eigenvalue weighted by Crippen LogP contribution is 2.45. The summed E-state index contributed by atoms with van der Waals surface area (Å²) in [4.78, 5) is 14.6. The summed E-state index contributed by atoms with van der Waals surface area (Å²) in [6, 6.07) is 17.9. The minimum absolute atomic E-state index is 0.0296. The molecule has 0 aliphatic carbocycles. The number of anilines is 1. The van der Waals surface area contributed by atoms with Gasteiger partial charge in [0, 0.05) is 17.0 Å². The van der Waals surface area contributed by atoms with E-state index in [1.165, 1.54) is 11.8 Å². The molecule has 3 aromatic carbocycles. The molecule has 0 fully saturated rings. The van der Waals surface area contributed by atoms with Gasteiger partial charge >= 0.3 is 5.97 Å². The van der Waals surface area contributed by atoms with E-state index in [9.17, 15) is 20.1 Å². The van der Waals surface area contributed by atoms with Crippen LogP contribution in [0.3, 0.4) is 0 Å². The van der Waals surface area contributed by atoms with Crippen molar-refractivity contribution in [3.05, 3.63) is 93.6 Å².